The maximum absolute atomic E-state index is 12.3. The Morgan fingerprint density at radius 2 is 1.88 bits per heavy atom. The summed E-state index contributed by atoms with van der Waals surface area (Å²) in [5, 5.41) is 11.9. The summed E-state index contributed by atoms with van der Waals surface area (Å²) in [6.45, 7) is 1.83. The molecule has 24 heavy (non-hydrogen) atoms. The quantitative estimate of drug-likeness (QED) is 0.699. The van der Waals surface area contributed by atoms with Crippen LogP contribution in [0.2, 0.25) is 5.02 Å². The molecule has 0 saturated heterocycles. The van der Waals surface area contributed by atoms with Crippen LogP contribution >= 0.6 is 23.4 Å². The van der Waals surface area contributed by atoms with E-state index in [1.807, 2.05) is 41.8 Å². The molecule has 0 aliphatic heterocycles. The molecule has 1 atom stereocenters. The van der Waals surface area contributed by atoms with Gasteiger partial charge in [0, 0.05) is 16.4 Å². The van der Waals surface area contributed by atoms with E-state index in [0.717, 1.165) is 5.69 Å². The number of nitrogens with zero attached hydrogens (tertiary/aromatic N) is 3. The second-order valence-electron chi connectivity index (χ2n) is 5.08. The highest BCUT2D eigenvalue weighted by molar-refractivity contribution is 8.00. The SMILES string of the molecule is C[C@@H](Sc1nncn1-c1ccccc1)C(=O)Nc1ccc(Cl)cc1. The zero-order valence-corrected chi connectivity index (χ0v) is 14.5. The van der Waals surface area contributed by atoms with Gasteiger partial charge in [0.2, 0.25) is 5.91 Å². The van der Waals surface area contributed by atoms with Crippen molar-refractivity contribution in [2.45, 2.75) is 17.3 Å². The lowest BCUT2D eigenvalue weighted by Crippen LogP contribution is -2.22. The molecule has 5 nitrogen and oxygen atoms in total. The van der Waals surface area contributed by atoms with Crippen molar-refractivity contribution in [1.82, 2.24) is 14.8 Å². The van der Waals surface area contributed by atoms with E-state index in [1.165, 1.54) is 11.8 Å². The molecule has 0 aliphatic rings. The van der Waals surface area contributed by atoms with E-state index in [0.29, 0.717) is 15.9 Å². The molecule has 2 aromatic carbocycles. The minimum Gasteiger partial charge on any atom is -0.325 e. The molecule has 122 valence electrons. The number of rotatable bonds is 5. The van der Waals surface area contributed by atoms with Gasteiger partial charge in [-0.15, -0.1) is 10.2 Å². The molecular formula is C17H15ClN4OS. The van der Waals surface area contributed by atoms with Crippen molar-refractivity contribution in [2.24, 2.45) is 0 Å². The minimum absolute atomic E-state index is 0.107. The summed E-state index contributed by atoms with van der Waals surface area (Å²) in [7, 11) is 0. The molecule has 7 heteroatoms. The van der Waals surface area contributed by atoms with Crippen LogP contribution in [-0.2, 0) is 4.79 Å². The van der Waals surface area contributed by atoms with Crippen LogP contribution in [-0.4, -0.2) is 25.9 Å². The van der Waals surface area contributed by atoms with Crippen LogP contribution in [0, 0.1) is 0 Å². The molecule has 1 aromatic heterocycles. The van der Waals surface area contributed by atoms with Crippen molar-refractivity contribution in [3.8, 4) is 5.69 Å². The molecule has 0 spiro atoms. The maximum Gasteiger partial charge on any atom is 0.237 e. The van der Waals surface area contributed by atoms with Crippen molar-refractivity contribution < 1.29 is 4.79 Å². The number of hydrogen-bond acceptors (Lipinski definition) is 4. The van der Waals surface area contributed by atoms with Gasteiger partial charge < -0.3 is 5.32 Å². The van der Waals surface area contributed by atoms with Crippen molar-refractivity contribution >= 4 is 35.0 Å². The molecule has 1 heterocycles. The highest BCUT2D eigenvalue weighted by atomic mass is 35.5. The molecule has 0 radical (unpaired) electrons. The Hall–Kier alpha value is -2.31. The van der Waals surface area contributed by atoms with E-state index in [9.17, 15) is 4.79 Å². The monoisotopic (exact) mass is 358 g/mol. The van der Waals surface area contributed by atoms with Crippen LogP contribution in [0.4, 0.5) is 5.69 Å². The Bertz CT molecular complexity index is 820. The number of carbonyl (C=O) groups is 1. The molecule has 0 fully saturated rings. The van der Waals surface area contributed by atoms with E-state index in [4.69, 9.17) is 11.6 Å². The predicted octanol–water partition coefficient (Wildman–Crippen LogP) is 4.04. The number of aromatic nitrogens is 3. The number of thioether (sulfide) groups is 1. The minimum atomic E-state index is -0.327. The van der Waals surface area contributed by atoms with Gasteiger partial charge in [-0.3, -0.25) is 9.36 Å². The van der Waals surface area contributed by atoms with Crippen LogP contribution in [0.3, 0.4) is 0 Å². The van der Waals surface area contributed by atoms with Gasteiger partial charge in [-0.1, -0.05) is 41.6 Å². The van der Waals surface area contributed by atoms with E-state index in [1.54, 1.807) is 30.6 Å². The zero-order valence-electron chi connectivity index (χ0n) is 12.9. The van der Waals surface area contributed by atoms with E-state index < -0.39 is 0 Å². The van der Waals surface area contributed by atoms with E-state index in [2.05, 4.69) is 15.5 Å². The van der Waals surface area contributed by atoms with Gasteiger partial charge in [-0.2, -0.15) is 0 Å². The van der Waals surface area contributed by atoms with Gasteiger partial charge in [-0.05, 0) is 43.3 Å². The molecule has 1 N–H and O–H groups in total. The van der Waals surface area contributed by atoms with Crippen LogP contribution in [0.5, 0.6) is 0 Å². The fraction of sp³-hybridized carbons (Fsp3) is 0.118. The van der Waals surface area contributed by atoms with Crippen molar-refractivity contribution in [1.29, 1.82) is 0 Å². The standard InChI is InChI=1S/C17H15ClN4OS/c1-12(16(23)20-14-9-7-13(18)8-10-14)24-17-21-19-11-22(17)15-5-3-2-4-6-15/h2-12H,1H3,(H,20,23)/t12-/m1/s1. The number of nitrogens with one attached hydrogen (secondary N) is 1. The fourth-order valence-electron chi connectivity index (χ4n) is 2.06. The van der Waals surface area contributed by atoms with Gasteiger partial charge in [-0.25, -0.2) is 0 Å². The zero-order chi connectivity index (χ0) is 16.9. The number of benzene rings is 2. The van der Waals surface area contributed by atoms with Crippen molar-refractivity contribution in [3.05, 3.63) is 65.9 Å². The lowest BCUT2D eigenvalue weighted by molar-refractivity contribution is -0.115. The van der Waals surface area contributed by atoms with Gasteiger partial charge in [0.05, 0.1) is 5.25 Å². The second kappa shape index (κ2) is 7.51. The van der Waals surface area contributed by atoms with Crippen molar-refractivity contribution in [3.63, 3.8) is 0 Å². The van der Waals surface area contributed by atoms with Gasteiger partial charge >= 0.3 is 0 Å². The number of amides is 1. The van der Waals surface area contributed by atoms with Crippen LogP contribution in [0.1, 0.15) is 6.92 Å². The largest absolute Gasteiger partial charge is 0.325 e. The molecule has 3 rings (SSSR count). The second-order valence-corrected chi connectivity index (χ2v) is 6.82. The van der Waals surface area contributed by atoms with Crippen LogP contribution in [0.15, 0.2) is 66.1 Å². The summed E-state index contributed by atoms with van der Waals surface area (Å²) in [4.78, 5) is 12.3. The third kappa shape index (κ3) is 3.96. The number of anilines is 1. The first kappa shape index (κ1) is 16.5. The number of halogens is 1. The highest BCUT2D eigenvalue weighted by Crippen LogP contribution is 2.25. The third-order valence-corrected chi connectivity index (χ3v) is 4.62. The van der Waals surface area contributed by atoms with Crippen molar-refractivity contribution in [2.75, 3.05) is 5.32 Å². The summed E-state index contributed by atoms with van der Waals surface area (Å²) in [5.41, 5.74) is 1.66. The average Bonchev–Trinajstić information content (AvgIpc) is 3.05. The first-order valence-electron chi connectivity index (χ1n) is 7.32. The van der Waals surface area contributed by atoms with Crippen LogP contribution < -0.4 is 5.32 Å². The lowest BCUT2D eigenvalue weighted by atomic mass is 10.3. The Balaban J connectivity index is 1.69. The maximum atomic E-state index is 12.3. The molecule has 0 bridgehead atoms. The number of hydrogen-bond donors (Lipinski definition) is 1. The van der Waals surface area contributed by atoms with Gasteiger partial charge in [0.1, 0.15) is 6.33 Å². The predicted molar refractivity (Wildman–Crippen MR) is 96.8 cm³/mol. The Morgan fingerprint density at radius 3 is 2.58 bits per heavy atom. The topological polar surface area (TPSA) is 59.8 Å². The normalized spacial score (nSPS) is 11.9. The summed E-state index contributed by atoms with van der Waals surface area (Å²) in [6, 6.07) is 16.8. The lowest BCUT2D eigenvalue weighted by Gasteiger charge is -2.12. The first-order valence-corrected chi connectivity index (χ1v) is 8.58. The molecule has 0 aliphatic carbocycles. The first-order chi connectivity index (χ1) is 11.6. The molecular weight excluding hydrogens is 344 g/mol. The van der Waals surface area contributed by atoms with E-state index in [-0.39, 0.29) is 11.2 Å². The molecule has 1 amide bonds. The number of para-hydroxylation sites is 1. The molecule has 0 unspecified atom stereocenters. The summed E-state index contributed by atoms with van der Waals surface area (Å²) in [6.07, 6.45) is 1.64. The number of carbonyl (C=O) groups excluding carboxylic acids is 1. The fourth-order valence-corrected chi connectivity index (χ4v) is 3.03. The third-order valence-electron chi connectivity index (χ3n) is 3.31. The highest BCUT2D eigenvalue weighted by Gasteiger charge is 2.18. The average molecular weight is 359 g/mol. The molecule has 3 aromatic rings. The van der Waals surface area contributed by atoms with Gasteiger partial charge in [0.25, 0.3) is 0 Å². The smallest absolute Gasteiger partial charge is 0.237 e. The van der Waals surface area contributed by atoms with Gasteiger partial charge in [0.15, 0.2) is 5.16 Å². The summed E-state index contributed by atoms with van der Waals surface area (Å²) < 4.78 is 1.86. The van der Waals surface area contributed by atoms with E-state index >= 15 is 0 Å². The Morgan fingerprint density at radius 1 is 1.17 bits per heavy atom. The van der Waals surface area contributed by atoms with Crippen LogP contribution in [0.25, 0.3) is 5.69 Å². The molecule has 0 saturated carbocycles. The summed E-state index contributed by atoms with van der Waals surface area (Å²) in [5.74, 6) is -0.107. The Kier molecular flexibility index (Phi) is 5.17. The summed E-state index contributed by atoms with van der Waals surface area (Å²) >= 11 is 7.20. The Labute approximate surface area is 149 Å².